The molecule has 0 radical (unpaired) electrons. The maximum atomic E-state index is 6.41. The number of hydrogen-bond acceptors (Lipinski definition) is 3. The third kappa shape index (κ3) is 10.7. The van der Waals surface area contributed by atoms with Gasteiger partial charge < -0.3 is 9.05 Å². The van der Waals surface area contributed by atoms with Crippen molar-refractivity contribution >= 4 is 8.60 Å². The Hall–Kier alpha value is -1.57. The van der Waals surface area contributed by atoms with Crippen LogP contribution in [0.3, 0.4) is 0 Å². The van der Waals surface area contributed by atoms with Crippen molar-refractivity contribution in [3.05, 3.63) is 60.7 Å². The van der Waals surface area contributed by atoms with Crippen LogP contribution in [0.25, 0.3) is 0 Å². The normalized spacial score (nSPS) is 12.1. The molecule has 0 N–H and O–H groups in total. The number of benzene rings is 2. The first kappa shape index (κ1) is 23.7. The van der Waals surface area contributed by atoms with Crippen LogP contribution in [0.4, 0.5) is 0 Å². The summed E-state index contributed by atoms with van der Waals surface area (Å²) in [6, 6.07) is 19.6. The standard InChI is InChI=1S/C25H37O3P/c1-3-5-7-8-9-12-18-23(17-6-4-2)26-29(27-24-19-13-10-14-20-24)28-25-21-15-11-16-22-25/h10-11,13-16,19-23H,3-9,12,17-18H2,1-2H3. The van der Waals surface area contributed by atoms with Gasteiger partial charge in [0.25, 0.3) is 0 Å². The first-order valence-corrected chi connectivity index (χ1v) is 12.3. The number of unbranched alkanes of at least 4 members (excludes halogenated alkanes) is 6. The third-order valence-electron chi connectivity index (χ3n) is 4.84. The SMILES string of the molecule is CCCCCCCCC(CCCC)OP(Oc1ccccc1)Oc1ccccc1. The smallest absolute Gasteiger partial charge is 0.418 e. The predicted octanol–water partition coefficient (Wildman–Crippen LogP) is 8.70. The highest BCUT2D eigenvalue weighted by molar-refractivity contribution is 7.42. The molecule has 1 atom stereocenters. The van der Waals surface area contributed by atoms with Gasteiger partial charge in [0, 0.05) is 0 Å². The van der Waals surface area contributed by atoms with Crippen molar-refractivity contribution in [3.63, 3.8) is 0 Å². The molecule has 0 fully saturated rings. The van der Waals surface area contributed by atoms with Gasteiger partial charge in [0.15, 0.2) is 0 Å². The van der Waals surface area contributed by atoms with Crippen LogP contribution in [0.1, 0.15) is 78.1 Å². The van der Waals surface area contributed by atoms with Crippen molar-refractivity contribution in [1.82, 2.24) is 0 Å². The monoisotopic (exact) mass is 416 g/mol. The van der Waals surface area contributed by atoms with Crippen LogP contribution in [0.5, 0.6) is 11.5 Å². The van der Waals surface area contributed by atoms with E-state index in [2.05, 4.69) is 13.8 Å². The molecule has 2 aromatic rings. The van der Waals surface area contributed by atoms with Gasteiger partial charge in [-0.25, -0.2) is 0 Å². The quantitative estimate of drug-likeness (QED) is 0.202. The first-order valence-electron chi connectivity index (χ1n) is 11.2. The van der Waals surface area contributed by atoms with Crippen LogP contribution >= 0.6 is 8.60 Å². The molecule has 2 rings (SSSR count). The van der Waals surface area contributed by atoms with Crippen LogP contribution in [0, 0.1) is 0 Å². The minimum Gasteiger partial charge on any atom is -0.418 e. The molecule has 0 amide bonds. The van der Waals surface area contributed by atoms with E-state index >= 15 is 0 Å². The number of para-hydroxylation sites is 2. The van der Waals surface area contributed by atoms with Crippen LogP contribution in [0.15, 0.2) is 60.7 Å². The molecular formula is C25H37O3P. The average molecular weight is 417 g/mol. The molecule has 0 aliphatic rings. The average Bonchev–Trinajstić information content (AvgIpc) is 2.75. The van der Waals surface area contributed by atoms with Crippen LogP contribution < -0.4 is 9.05 Å². The lowest BCUT2D eigenvalue weighted by Crippen LogP contribution is -2.14. The Kier molecular flexibility index (Phi) is 12.5. The highest BCUT2D eigenvalue weighted by atomic mass is 31.2. The minimum absolute atomic E-state index is 0.180. The molecule has 0 spiro atoms. The molecule has 1 unspecified atom stereocenters. The zero-order chi connectivity index (χ0) is 20.6. The molecule has 0 aliphatic carbocycles. The number of rotatable bonds is 16. The van der Waals surface area contributed by atoms with E-state index < -0.39 is 8.60 Å². The van der Waals surface area contributed by atoms with Crippen molar-refractivity contribution in [2.45, 2.75) is 84.2 Å². The van der Waals surface area contributed by atoms with Crippen molar-refractivity contribution in [1.29, 1.82) is 0 Å². The topological polar surface area (TPSA) is 27.7 Å². The lowest BCUT2D eigenvalue weighted by molar-refractivity contribution is 0.154. The second kappa shape index (κ2) is 15.3. The summed E-state index contributed by atoms with van der Waals surface area (Å²) >= 11 is 0. The fraction of sp³-hybridized carbons (Fsp3) is 0.520. The zero-order valence-corrected chi connectivity index (χ0v) is 19.0. The van der Waals surface area contributed by atoms with Crippen molar-refractivity contribution in [2.75, 3.05) is 0 Å². The van der Waals surface area contributed by atoms with Gasteiger partial charge in [-0.3, -0.25) is 4.52 Å². The fourth-order valence-corrected chi connectivity index (χ4v) is 4.32. The summed E-state index contributed by atoms with van der Waals surface area (Å²) in [5.74, 6) is 1.56. The van der Waals surface area contributed by atoms with Gasteiger partial charge in [-0.05, 0) is 37.1 Å². The summed E-state index contributed by atoms with van der Waals surface area (Å²) in [6.07, 6.45) is 12.4. The van der Waals surface area contributed by atoms with Gasteiger partial charge in [-0.15, -0.1) is 0 Å². The lowest BCUT2D eigenvalue weighted by atomic mass is 10.0. The van der Waals surface area contributed by atoms with Crippen molar-refractivity contribution in [3.8, 4) is 11.5 Å². The van der Waals surface area contributed by atoms with Crippen LogP contribution in [-0.2, 0) is 4.52 Å². The summed E-state index contributed by atoms with van der Waals surface area (Å²) in [7, 11) is -1.50. The van der Waals surface area contributed by atoms with E-state index in [1.807, 2.05) is 60.7 Å². The highest BCUT2D eigenvalue weighted by Crippen LogP contribution is 2.43. The zero-order valence-electron chi connectivity index (χ0n) is 18.1. The van der Waals surface area contributed by atoms with E-state index in [4.69, 9.17) is 13.6 Å². The van der Waals surface area contributed by atoms with E-state index in [0.29, 0.717) is 0 Å². The van der Waals surface area contributed by atoms with Crippen molar-refractivity contribution < 1.29 is 13.6 Å². The van der Waals surface area contributed by atoms with Gasteiger partial charge >= 0.3 is 8.60 Å². The third-order valence-corrected chi connectivity index (χ3v) is 6.03. The molecule has 0 aromatic heterocycles. The number of hydrogen-bond donors (Lipinski definition) is 0. The van der Waals surface area contributed by atoms with E-state index in [1.165, 1.54) is 51.4 Å². The summed E-state index contributed by atoms with van der Waals surface area (Å²) < 4.78 is 18.6. The Morgan fingerprint density at radius 3 is 1.66 bits per heavy atom. The maximum Gasteiger partial charge on any atom is 0.463 e. The van der Waals surface area contributed by atoms with Gasteiger partial charge in [-0.2, -0.15) is 0 Å². The Morgan fingerprint density at radius 1 is 0.621 bits per heavy atom. The minimum atomic E-state index is -1.50. The van der Waals surface area contributed by atoms with Crippen molar-refractivity contribution in [2.24, 2.45) is 0 Å². The fourth-order valence-electron chi connectivity index (χ4n) is 3.15. The van der Waals surface area contributed by atoms with E-state index in [1.54, 1.807) is 0 Å². The molecule has 160 valence electrons. The molecule has 3 nitrogen and oxygen atoms in total. The Labute approximate surface area is 178 Å². The summed E-state index contributed by atoms with van der Waals surface area (Å²) in [4.78, 5) is 0. The van der Waals surface area contributed by atoms with Gasteiger partial charge in [0.2, 0.25) is 0 Å². The van der Waals surface area contributed by atoms with Gasteiger partial charge in [0.1, 0.15) is 11.5 Å². The Bertz CT molecular complexity index is 579. The maximum absolute atomic E-state index is 6.41. The molecule has 0 bridgehead atoms. The molecular weight excluding hydrogens is 379 g/mol. The van der Waals surface area contributed by atoms with E-state index in [-0.39, 0.29) is 6.10 Å². The van der Waals surface area contributed by atoms with Gasteiger partial charge in [-0.1, -0.05) is 102 Å². The predicted molar refractivity (Wildman–Crippen MR) is 123 cm³/mol. The largest absolute Gasteiger partial charge is 0.463 e. The summed E-state index contributed by atoms with van der Waals surface area (Å²) in [6.45, 7) is 4.49. The lowest BCUT2D eigenvalue weighted by Gasteiger charge is -2.23. The Balaban J connectivity index is 1.94. The second-order valence-corrected chi connectivity index (χ2v) is 8.48. The molecule has 29 heavy (non-hydrogen) atoms. The molecule has 0 heterocycles. The van der Waals surface area contributed by atoms with E-state index in [9.17, 15) is 0 Å². The van der Waals surface area contributed by atoms with Crippen LogP contribution in [-0.4, -0.2) is 6.10 Å². The van der Waals surface area contributed by atoms with Crippen LogP contribution in [0.2, 0.25) is 0 Å². The Morgan fingerprint density at radius 2 is 1.10 bits per heavy atom. The molecule has 0 saturated carbocycles. The second-order valence-electron chi connectivity index (χ2n) is 7.46. The molecule has 0 aliphatic heterocycles. The molecule has 2 aromatic carbocycles. The summed E-state index contributed by atoms with van der Waals surface area (Å²) in [5, 5.41) is 0. The van der Waals surface area contributed by atoms with Gasteiger partial charge in [0.05, 0.1) is 6.10 Å². The molecule has 0 saturated heterocycles. The molecule has 4 heteroatoms. The van der Waals surface area contributed by atoms with E-state index in [0.717, 1.165) is 24.3 Å². The highest BCUT2D eigenvalue weighted by Gasteiger charge is 2.23. The first-order chi connectivity index (χ1) is 14.3. The summed E-state index contributed by atoms with van der Waals surface area (Å²) in [5.41, 5.74) is 0.